The van der Waals surface area contributed by atoms with Gasteiger partial charge in [0, 0.05) is 12.2 Å². The van der Waals surface area contributed by atoms with Gasteiger partial charge in [-0.3, -0.25) is 10.1 Å². The first-order chi connectivity index (χ1) is 6.17. The molecule has 0 aliphatic heterocycles. The molecule has 0 atom stereocenters. The van der Waals surface area contributed by atoms with Gasteiger partial charge in [-0.05, 0) is 6.42 Å². The van der Waals surface area contributed by atoms with E-state index < -0.39 is 0 Å². The zero-order valence-corrected chi connectivity index (χ0v) is 8.76. The minimum Gasteiger partial charge on any atom is -0.396 e. The number of aliphatic hydroxyl groups is 1. The van der Waals surface area contributed by atoms with E-state index in [-0.39, 0.29) is 17.2 Å². The molecule has 1 N–H and O–H groups in total. The minimum atomic E-state index is -0.330. The predicted octanol–water partition coefficient (Wildman–Crippen LogP) is 2.02. The van der Waals surface area contributed by atoms with Crippen molar-refractivity contribution in [3.05, 3.63) is 20.7 Å². The van der Waals surface area contributed by atoms with Crippen LogP contribution in [0, 0.1) is 10.1 Å². The third-order valence-electron chi connectivity index (χ3n) is 1.57. The van der Waals surface area contributed by atoms with Crippen LogP contribution in [-0.4, -0.2) is 22.4 Å². The van der Waals surface area contributed by atoms with Crippen LogP contribution in [0.25, 0.3) is 0 Å². The van der Waals surface area contributed by atoms with Crippen LogP contribution in [0.5, 0.6) is 0 Å². The van der Waals surface area contributed by atoms with Gasteiger partial charge in [-0.2, -0.15) is 0 Å². The lowest BCUT2D eigenvalue weighted by Crippen LogP contribution is -2.01. The summed E-state index contributed by atoms with van der Waals surface area (Å²) in [5, 5.41) is 19.2. The molecule has 76 valence electrons. The SMILES string of the molecule is CC/C(SCCO)=C(/CC)[N+](=O)[O-]. The second kappa shape index (κ2) is 6.91. The molecule has 13 heavy (non-hydrogen) atoms. The molecule has 0 bridgehead atoms. The molecule has 0 aliphatic carbocycles. The molecule has 5 heteroatoms. The van der Waals surface area contributed by atoms with Gasteiger partial charge in [-0.1, -0.05) is 13.8 Å². The van der Waals surface area contributed by atoms with Crippen molar-refractivity contribution in [3.63, 3.8) is 0 Å². The van der Waals surface area contributed by atoms with E-state index in [1.165, 1.54) is 11.8 Å². The van der Waals surface area contributed by atoms with Crippen molar-refractivity contribution in [1.82, 2.24) is 0 Å². The van der Waals surface area contributed by atoms with E-state index in [2.05, 4.69) is 0 Å². The smallest absolute Gasteiger partial charge is 0.255 e. The summed E-state index contributed by atoms with van der Waals surface area (Å²) in [7, 11) is 0. The van der Waals surface area contributed by atoms with Crippen LogP contribution in [0.2, 0.25) is 0 Å². The summed E-state index contributed by atoms with van der Waals surface area (Å²) in [6, 6.07) is 0. The standard InChI is InChI=1S/C8H15NO3S/c1-3-7(9(11)12)8(4-2)13-6-5-10/h10H,3-6H2,1-2H3/b8-7+. The van der Waals surface area contributed by atoms with Crippen LogP contribution in [0.15, 0.2) is 10.6 Å². The fourth-order valence-corrected chi connectivity index (χ4v) is 1.91. The van der Waals surface area contributed by atoms with Crippen LogP contribution in [-0.2, 0) is 0 Å². The molecule has 0 fully saturated rings. The van der Waals surface area contributed by atoms with E-state index in [9.17, 15) is 10.1 Å². The lowest BCUT2D eigenvalue weighted by atomic mass is 10.3. The number of allylic oxidation sites excluding steroid dienone is 2. The first-order valence-electron chi connectivity index (χ1n) is 4.27. The molecular weight excluding hydrogens is 190 g/mol. The number of aliphatic hydroxyl groups excluding tert-OH is 1. The lowest BCUT2D eigenvalue weighted by molar-refractivity contribution is -0.428. The van der Waals surface area contributed by atoms with Gasteiger partial charge in [0.25, 0.3) is 5.70 Å². The molecule has 0 heterocycles. The van der Waals surface area contributed by atoms with Crippen LogP contribution in [0.3, 0.4) is 0 Å². The van der Waals surface area contributed by atoms with E-state index in [0.717, 1.165) is 4.91 Å². The van der Waals surface area contributed by atoms with Crippen molar-refractivity contribution in [2.75, 3.05) is 12.4 Å². The number of rotatable bonds is 6. The molecule has 0 rings (SSSR count). The molecule has 0 aromatic carbocycles. The van der Waals surface area contributed by atoms with Gasteiger partial charge >= 0.3 is 0 Å². The Balaban J connectivity index is 4.51. The number of hydrogen-bond acceptors (Lipinski definition) is 4. The number of thioether (sulfide) groups is 1. The molecule has 0 saturated carbocycles. The van der Waals surface area contributed by atoms with Crippen molar-refractivity contribution in [3.8, 4) is 0 Å². The Labute approximate surface area is 82.2 Å². The molecule has 0 aromatic heterocycles. The first kappa shape index (κ1) is 12.4. The zero-order chi connectivity index (χ0) is 10.3. The summed E-state index contributed by atoms with van der Waals surface area (Å²) in [5.41, 5.74) is 0.279. The molecule has 0 aromatic rings. The van der Waals surface area contributed by atoms with E-state index in [0.29, 0.717) is 18.6 Å². The summed E-state index contributed by atoms with van der Waals surface area (Å²) in [6.07, 6.45) is 1.10. The molecule has 4 nitrogen and oxygen atoms in total. The van der Waals surface area contributed by atoms with E-state index in [1.54, 1.807) is 6.92 Å². The fraction of sp³-hybridized carbons (Fsp3) is 0.750. The molecule has 0 aliphatic rings. The average molecular weight is 205 g/mol. The van der Waals surface area contributed by atoms with Crippen molar-refractivity contribution in [2.45, 2.75) is 26.7 Å². The summed E-state index contributed by atoms with van der Waals surface area (Å²) in [6.45, 7) is 3.72. The Hall–Kier alpha value is -0.550. The van der Waals surface area contributed by atoms with Crippen molar-refractivity contribution in [1.29, 1.82) is 0 Å². The highest BCUT2D eigenvalue weighted by Gasteiger charge is 2.14. The van der Waals surface area contributed by atoms with Gasteiger partial charge < -0.3 is 5.11 Å². The summed E-state index contributed by atoms with van der Waals surface area (Å²) in [5.74, 6) is 0.528. The molecular formula is C8H15NO3S. The molecule has 0 spiro atoms. The van der Waals surface area contributed by atoms with Gasteiger partial charge in [0.05, 0.1) is 16.4 Å². The van der Waals surface area contributed by atoms with E-state index in [1.807, 2.05) is 6.92 Å². The summed E-state index contributed by atoms with van der Waals surface area (Å²) in [4.78, 5) is 11.0. The Kier molecular flexibility index (Phi) is 6.62. The van der Waals surface area contributed by atoms with Crippen molar-refractivity contribution >= 4 is 11.8 Å². The molecule has 0 amide bonds. The summed E-state index contributed by atoms with van der Waals surface area (Å²) < 4.78 is 0. The zero-order valence-electron chi connectivity index (χ0n) is 7.95. The van der Waals surface area contributed by atoms with Crippen LogP contribution in [0.1, 0.15) is 26.7 Å². The minimum absolute atomic E-state index is 0.0584. The van der Waals surface area contributed by atoms with Gasteiger partial charge in [-0.25, -0.2) is 0 Å². The Morgan fingerprint density at radius 1 is 1.46 bits per heavy atom. The third kappa shape index (κ3) is 4.28. The van der Waals surface area contributed by atoms with Gasteiger partial charge in [-0.15, -0.1) is 11.8 Å². The second-order valence-electron chi connectivity index (χ2n) is 2.41. The average Bonchev–Trinajstić information content (AvgIpc) is 2.11. The maximum Gasteiger partial charge on any atom is 0.255 e. The number of nitro groups is 1. The third-order valence-corrected chi connectivity index (χ3v) is 2.83. The first-order valence-corrected chi connectivity index (χ1v) is 5.25. The largest absolute Gasteiger partial charge is 0.396 e. The normalized spacial score (nSPS) is 12.5. The monoisotopic (exact) mass is 205 g/mol. The molecule has 0 saturated heterocycles. The lowest BCUT2D eigenvalue weighted by Gasteiger charge is -2.03. The van der Waals surface area contributed by atoms with Crippen LogP contribution >= 0.6 is 11.8 Å². The Morgan fingerprint density at radius 3 is 2.38 bits per heavy atom. The number of nitrogens with zero attached hydrogens (tertiary/aromatic N) is 1. The van der Waals surface area contributed by atoms with Crippen LogP contribution < -0.4 is 0 Å². The van der Waals surface area contributed by atoms with E-state index >= 15 is 0 Å². The van der Waals surface area contributed by atoms with Crippen LogP contribution in [0.4, 0.5) is 0 Å². The topological polar surface area (TPSA) is 63.4 Å². The summed E-state index contributed by atoms with van der Waals surface area (Å²) >= 11 is 1.37. The predicted molar refractivity (Wildman–Crippen MR) is 54.1 cm³/mol. The highest BCUT2D eigenvalue weighted by molar-refractivity contribution is 8.03. The van der Waals surface area contributed by atoms with Gasteiger partial charge in [0.15, 0.2) is 0 Å². The highest BCUT2D eigenvalue weighted by atomic mass is 32.2. The maximum absolute atomic E-state index is 10.6. The van der Waals surface area contributed by atoms with Gasteiger partial charge in [0.2, 0.25) is 0 Å². The Bertz CT molecular complexity index is 204. The number of hydrogen-bond donors (Lipinski definition) is 1. The van der Waals surface area contributed by atoms with Crippen molar-refractivity contribution < 1.29 is 10.0 Å². The maximum atomic E-state index is 10.6. The second-order valence-corrected chi connectivity index (χ2v) is 3.60. The highest BCUT2D eigenvalue weighted by Crippen LogP contribution is 2.24. The molecule has 0 unspecified atom stereocenters. The quantitative estimate of drug-likeness (QED) is 0.532. The molecule has 0 radical (unpaired) electrons. The van der Waals surface area contributed by atoms with E-state index in [4.69, 9.17) is 5.11 Å². The van der Waals surface area contributed by atoms with Gasteiger partial charge in [0.1, 0.15) is 0 Å². The van der Waals surface area contributed by atoms with Crippen molar-refractivity contribution in [2.24, 2.45) is 0 Å². The fourth-order valence-electron chi connectivity index (χ4n) is 0.986. The Morgan fingerprint density at radius 2 is 2.08 bits per heavy atom.